The van der Waals surface area contributed by atoms with E-state index < -0.39 is 10.8 Å². The van der Waals surface area contributed by atoms with Crippen molar-refractivity contribution < 1.29 is 13.7 Å². The van der Waals surface area contributed by atoms with Gasteiger partial charge in [-0.3, -0.25) is 9.00 Å². The van der Waals surface area contributed by atoms with Gasteiger partial charge in [0.2, 0.25) is 0 Å². The molecule has 1 saturated heterocycles. The average molecular weight is 288 g/mol. The van der Waals surface area contributed by atoms with Gasteiger partial charge in [0, 0.05) is 33.7 Å². The van der Waals surface area contributed by atoms with Crippen LogP contribution in [-0.4, -0.2) is 39.8 Å². The summed E-state index contributed by atoms with van der Waals surface area (Å²) in [6.45, 7) is 0. The Hall–Kier alpha value is -0.950. The van der Waals surface area contributed by atoms with Gasteiger partial charge in [-0.05, 0) is 12.8 Å². The molecule has 0 atom stereocenters. The Morgan fingerprint density at radius 1 is 1.61 bits per heavy atom. The monoisotopic (exact) mass is 288 g/mol. The molecule has 0 spiro atoms. The molecule has 0 radical (unpaired) electrons. The second-order valence-electron chi connectivity index (χ2n) is 4.16. The first kappa shape index (κ1) is 13.5. The zero-order chi connectivity index (χ0) is 13.0. The molecule has 2 heterocycles. The molecule has 1 N–H and O–H groups in total. The van der Waals surface area contributed by atoms with Gasteiger partial charge in [0.1, 0.15) is 0 Å². The molecule has 0 aliphatic carbocycles. The highest BCUT2D eigenvalue weighted by atomic mass is 32.2. The van der Waals surface area contributed by atoms with Gasteiger partial charge in [0.15, 0.2) is 5.13 Å². The summed E-state index contributed by atoms with van der Waals surface area (Å²) in [6.07, 6.45) is 2.04. The van der Waals surface area contributed by atoms with Gasteiger partial charge >= 0.3 is 5.97 Å². The quantitative estimate of drug-likeness (QED) is 0.843. The van der Waals surface area contributed by atoms with Gasteiger partial charge in [-0.15, -0.1) is 11.3 Å². The van der Waals surface area contributed by atoms with Crippen LogP contribution in [0.15, 0.2) is 5.38 Å². The van der Waals surface area contributed by atoms with Crippen LogP contribution in [0.25, 0.3) is 0 Å². The molecule has 0 bridgehead atoms. The van der Waals surface area contributed by atoms with Crippen molar-refractivity contribution in [3.8, 4) is 0 Å². The largest absolute Gasteiger partial charge is 0.469 e. The van der Waals surface area contributed by atoms with E-state index in [9.17, 15) is 9.00 Å². The fourth-order valence-corrected chi connectivity index (χ4v) is 3.87. The number of nitrogens with zero attached hydrogens (tertiary/aromatic N) is 1. The van der Waals surface area contributed by atoms with Crippen LogP contribution < -0.4 is 5.32 Å². The molecule has 0 aromatic carbocycles. The van der Waals surface area contributed by atoms with Gasteiger partial charge < -0.3 is 10.1 Å². The third-order valence-electron chi connectivity index (χ3n) is 2.82. The summed E-state index contributed by atoms with van der Waals surface area (Å²) < 4.78 is 15.8. The zero-order valence-electron chi connectivity index (χ0n) is 10.2. The highest BCUT2D eigenvalue weighted by molar-refractivity contribution is 7.85. The number of carbonyl (C=O) groups is 1. The molecule has 1 aliphatic heterocycles. The van der Waals surface area contributed by atoms with Gasteiger partial charge in [-0.25, -0.2) is 4.98 Å². The Labute approximate surface area is 112 Å². The topological polar surface area (TPSA) is 68.3 Å². The van der Waals surface area contributed by atoms with Crippen molar-refractivity contribution in [3.05, 3.63) is 11.1 Å². The lowest BCUT2D eigenvalue weighted by Gasteiger charge is -2.21. The number of methoxy groups -OCH3 is 1. The SMILES string of the molecule is COC(=O)Cc1csc(NC2CCS(=O)CC2)n1. The minimum Gasteiger partial charge on any atom is -0.469 e. The third kappa shape index (κ3) is 3.78. The van der Waals surface area contributed by atoms with Gasteiger partial charge in [0.05, 0.1) is 19.2 Å². The number of esters is 1. The molecule has 2 rings (SSSR count). The molecular weight excluding hydrogens is 272 g/mol. The lowest BCUT2D eigenvalue weighted by molar-refractivity contribution is -0.139. The smallest absolute Gasteiger partial charge is 0.311 e. The Bertz CT molecular complexity index is 437. The van der Waals surface area contributed by atoms with Crippen molar-refractivity contribution in [3.63, 3.8) is 0 Å². The van der Waals surface area contributed by atoms with Gasteiger partial charge in [0.25, 0.3) is 0 Å². The summed E-state index contributed by atoms with van der Waals surface area (Å²) in [4.78, 5) is 15.4. The molecule has 1 aromatic rings. The highest BCUT2D eigenvalue weighted by Gasteiger charge is 2.18. The Kier molecular flexibility index (Phi) is 4.71. The molecule has 1 aromatic heterocycles. The fraction of sp³-hybridized carbons (Fsp3) is 0.636. The lowest BCUT2D eigenvalue weighted by Crippen LogP contribution is -2.29. The number of hydrogen-bond donors (Lipinski definition) is 1. The molecule has 0 amide bonds. The molecular formula is C11H16N2O3S2. The van der Waals surface area contributed by atoms with Gasteiger partial charge in [-0.1, -0.05) is 0 Å². The van der Waals surface area contributed by atoms with Crippen molar-refractivity contribution in [2.24, 2.45) is 0 Å². The number of carbonyl (C=O) groups excluding carboxylic acids is 1. The van der Waals surface area contributed by atoms with E-state index in [2.05, 4.69) is 15.0 Å². The minimum atomic E-state index is -0.641. The molecule has 0 unspecified atom stereocenters. The maximum atomic E-state index is 11.2. The van der Waals surface area contributed by atoms with Crippen molar-refractivity contribution in [1.82, 2.24) is 4.98 Å². The number of ether oxygens (including phenoxy) is 1. The molecule has 0 saturated carbocycles. The molecule has 1 fully saturated rings. The number of nitrogens with one attached hydrogen (secondary N) is 1. The van der Waals surface area contributed by atoms with Crippen LogP contribution in [0.1, 0.15) is 18.5 Å². The summed E-state index contributed by atoms with van der Waals surface area (Å²) in [5.74, 6) is 1.25. The van der Waals surface area contributed by atoms with Crippen LogP contribution in [-0.2, 0) is 26.8 Å². The van der Waals surface area contributed by atoms with E-state index in [1.807, 2.05) is 5.38 Å². The minimum absolute atomic E-state index is 0.212. The summed E-state index contributed by atoms with van der Waals surface area (Å²) in [7, 11) is 0.730. The Balaban J connectivity index is 1.86. The maximum absolute atomic E-state index is 11.2. The number of hydrogen-bond acceptors (Lipinski definition) is 6. The van der Waals surface area contributed by atoms with Crippen LogP contribution in [0.3, 0.4) is 0 Å². The lowest BCUT2D eigenvalue weighted by atomic mass is 10.2. The summed E-state index contributed by atoms with van der Waals surface area (Å²) in [6, 6.07) is 0.347. The van der Waals surface area contributed by atoms with E-state index in [4.69, 9.17) is 0 Å². The predicted molar refractivity (Wildman–Crippen MR) is 72.4 cm³/mol. The Morgan fingerprint density at radius 2 is 2.33 bits per heavy atom. The fourth-order valence-electron chi connectivity index (χ4n) is 1.79. The normalized spacial score (nSPS) is 23.6. The zero-order valence-corrected chi connectivity index (χ0v) is 11.8. The summed E-state index contributed by atoms with van der Waals surface area (Å²) in [5, 5.41) is 6.02. The molecule has 18 heavy (non-hydrogen) atoms. The summed E-state index contributed by atoms with van der Waals surface area (Å²) >= 11 is 1.49. The van der Waals surface area contributed by atoms with E-state index in [1.165, 1.54) is 18.4 Å². The Morgan fingerprint density at radius 3 is 3.00 bits per heavy atom. The van der Waals surface area contributed by atoms with Crippen molar-refractivity contribution in [1.29, 1.82) is 0 Å². The van der Waals surface area contributed by atoms with Crippen LogP contribution in [0, 0.1) is 0 Å². The van der Waals surface area contributed by atoms with Crippen molar-refractivity contribution >= 4 is 33.2 Å². The highest BCUT2D eigenvalue weighted by Crippen LogP contribution is 2.20. The second kappa shape index (κ2) is 6.29. The first-order valence-electron chi connectivity index (χ1n) is 5.80. The second-order valence-corrected chi connectivity index (χ2v) is 6.72. The van der Waals surface area contributed by atoms with Crippen molar-refractivity contribution in [2.45, 2.75) is 25.3 Å². The predicted octanol–water partition coefficient (Wildman–Crippen LogP) is 1.18. The molecule has 1 aliphatic rings. The van der Waals surface area contributed by atoms with E-state index >= 15 is 0 Å². The molecule has 5 nitrogen and oxygen atoms in total. The van der Waals surface area contributed by atoms with Crippen LogP contribution in [0.2, 0.25) is 0 Å². The van der Waals surface area contributed by atoms with E-state index in [0.29, 0.717) is 6.04 Å². The van der Waals surface area contributed by atoms with Gasteiger partial charge in [-0.2, -0.15) is 0 Å². The number of anilines is 1. The van der Waals surface area contributed by atoms with E-state index in [-0.39, 0.29) is 12.4 Å². The molecule has 100 valence electrons. The van der Waals surface area contributed by atoms with Crippen LogP contribution in [0.5, 0.6) is 0 Å². The third-order valence-corrected chi connectivity index (χ3v) is 5.02. The average Bonchev–Trinajstić information content (AvgIpc) is 2.79. The number of thiazole rings is 1. The standard InChI is InChI=1S/C11H16N2O3S2/c1-16-10(14)6-9-7-17-11(13-9)12-8-2-4-18(15)5-3-8/h7-8H,2-6H2,1H3,(H,12,13). The number of rotatable bonds is 4. The summed E-state index contributed by atoms with van der Waals surface area (Å²) in [5.41, 5.74) is 0.730. The first-order valence-corrected chi connectivity index (χ1v) is 8.17. The van der Waals surface area contributed by atoms with Crippen LogP contribution in [0.4, 0.5) is 5.13 Å². The first-order chi connectivity index (χ1) is 8.67. The van der Waals surface area contributed by atoms with Crippen molar-refractivity contribution in [2.75, 3.05) is 23.9 Å². The van der Waals surface area contributed by atoms with Crippen LogP contribution >= 0.6 is 11.3 Å². The van der Waals surface area contributed by atoms with E-state index in [0.717, 1.165) is 35.2 Å². The number of aromatic nitrogens is 1. The maximum Gasteiger partial charge on any atom is 0.311 e. The van der Waals surface area contributed by atoms with E-state index in [1.54, 1.807) is 0 Å². The molecule has 7 heteroatoms.